The molecule has 1 atom stereocenters. The highest BCUT2D eigenvalue weighted by molar-refractivity contribution is 6.31. The normalized spacial score (nSPS) is 12.4. The molecule has 0 aromatic heterocycles. The molecule has 2 rings (SSSR count). The van der Waals surface area contributed by atoms with E-state index in [2.05, 4.69) is 0 Å². The van der Waals surface area contributed by atoms with Crippen LogP contribution in [0.25, 0.3) is 0 Å². The van der Waals surface area contributed by atoms with Crippen LogP contribution in [-0.2, 0) is 12.8 Å². The van der Waals surface area contributed by atoms with Crippen molar-refractivity contribution in [2.45, 2.75) is 12.8 Å². The summed E-state index contributed by atoms with van der Waals surface area (Å²) < 4.78 is 26.8. The van der Waals surface area contributed by atoms with Gasteiger partial charge in [-0.25, -0.2) is 8.78 Å². The average molecular weight is 315 g/mol. The Kier molecular flexibility index (Phi) is 5.38. The molecule has 0 bridgehead atoms. The molecule has 0 saturated carbocycles. The molecule has 0 aliphatic rings. The number of alkyl halides is 1. The predicted octanol–water partition coefficient (Wildman–Crippen LogP) is 5.26. The van der Waals surface area contributed by atoms with E-state index in [0.717, 1.165) is 17.7 Å². The maximum atomic E-state index is 13.6. The van der Waals surface area contributed by atoms with Crippen molar-refractivity contribution in [1.82, 2.24) is 0 Å². The van der Waals surface area contributed by atoms with Crippen LogP contribution >= 0.6 is 23.2 Å². The summed E-state index contributed by atoms with van der Waals surface area (Å²) in [5.74, 6) is -0.470. The molecule has 2 aromatic rings. The Morgan fingerprint density at radius 3 is 2.35 bits per heavy atom. The van der Waals surface area contributed by atoms with E-state index < -0.39 is 11.6 Å². The van der Waals surface area contributed by atoms with Crippen molar-refractivity contribution in [3.8, 4) is 0 Å². The summed E-state index contributed by atoms with van der Waals surface area (Å²) in [7, 11) is 0. The highest BCUT2D eigenvalue weighted by atomic mass is 35.5. The van der Waals surface area contributed by atoms with Gasteiger partial charge in [-0.2, -0.15) is 0 Å². The van der Waals surface area contributed by atoms with Crippen molar-refractivity contribution < 1.29 is 8.78 Å². The van der Waals surface area contributed by atoms with Crippen LogP contribution in [0, 0.1) is 17.6 Å². The van der Waals surface area contributed by atoms with Crippen LogP contribution in [0.3, 0.4) is 0 Å². The molecule has 0 amide bonds. The molecule has 0 N–H and O–H groups in total. The van der Waals surface area contributed by atoms with Gasteiger partial charge < -0.3 is 0 Å². The van der Waals surface area contributed by atoms with Gasteiger partial charge in [-0.05, 0) is 54.2 Å². The van der Waals surface area contributed by atoms with Crippen molar-refractivity contribution in [2.75, 3.05) is 5.88 Å². The quantitative estimate of drug-likeness (QED) is 0.660. The van der Waals surface area contributed by atoms with Crippen molar-refractivity contribution in [2.24, 2.45) is 5.92 Å². The Morgan fingerprint density at radius 1 is 0.950 bits per heavy atom. The second-order valence-corrected chi connectivity index (χ2v) is 5.47. The van der Waals surface area contributed by atoms with Crippen LogP contribution in [-0.4, -0.2) is 5.88 Å². The van der Waals surface area contributed by atoms with Gasteiger partial charge in [0, 0.05) is 10.9 Å². The number of hydrogen-bond acceptors (Lipinski definition) is 0. The van der Waals surface area contributed by atoms with Crippen molar-refractivity contribution in [1.29, 1.82) is 0 Å². The second-order valence-electron chi connectivity index (χ2n) is 4.76. The zero-order valence-corrected chi connectivity index (χ0v) is 12.3. The standard InChI is InChI=1S/C16H14Cl2F2/c17-10-11(7-12-3-1-2-4-15(12)18)8-13-9-14(19)5-6-16(13)20/h1-6,9,11H,7-8,10H2. The van der Waals surface area contributed by atoms with Gasteiger partial charge in [0.2, 0.25) is 0 Å². The summed E-state index contributed by atoms with van der Waals surface area (Å²) in [4.78, 5) is 0. The fourth-order valence-electron chi connectivity index (χ4n) is 2.17. The van der Waals surface area contributed by atoms with Gasteiger partial charge >= 0.3 is 0 Å². The van der Waals surface area contributed by atoms with E-state index >= 15 is 0 Å². The molecule has 0 heterocycles. The van der Waals surface area contributed by atoms with E-state index in [-0.39, 0.29) is 5.92 Å². The third-order valence-electron chi connectivity index (χ3n) is 3.20. The Hall–Kier alpha value is -1.12. The Balaban J connectivity index is 2.13. The summed E-state index contributed by atoms with van der Waals surface area (Å²) in [5, 5.41) is 0.669. The molecular weight excluding hydrogens is 301 g/mol. The first-order valence-corrected chi connectivity index (χ1v) is 7.24. The molecule has 1 unspecified atom stereocenters. The predicted molar refractivity (Wildman–Crippen MR) is 79.4 cm³/mol. The smallest absolute Gasteiger partial charge is 0.126 e. The maximum Gasteiger partial charge on any atom is 0.126 e. The SMILES string of the molecule is Fc1ccc(F)c(CC(CCl)Cc2ccccc2Cl)c1. The largest absolute Gasteiger partial charge is 0.207 e. The van der Waals surface area contributed by atoms with E-state index in [1.54, 1.807) is 0 Å². The van der Waals surface area contributed by atoms with Crippen LogP contribution in [0.1, 0.15) is 11.1 Å². The van der Waals surface area contributed by atoms with Crippen LogP contribution in [0.2, 0.25) is 5.02 Å². The van der Waals surface area contributed by atoms with E-state index in [1.165, 1.54) is 6.07 Å². The Morgan fingerprint density at radius 2 is 1.65 bits per heavy atom. The lowest BCUT2D eigenvalue weighted by Crippen LogP contribution is -2.11. The van der Waals surface area contributed by atoms with Crippen molar-refractivity contribution in [3.63, 3.8) is 0 Å². The highest BCUT2D eigenvalue weighted by Gasteiger charge is 2.14. The van der Waals surface area contributed by atoms with E-state index in [0.29, 0.717) is 29.3 Å². The summed E-state index contributed by atoms with van der Waals surface area (Å²) in [6.07, 6.45) is 1.03. The van der Waals surface area contributed by atoms with Gasteiger partial charge in [-0.1, -0.05) is 29.8 Å². The van der Waals surface area contributed by atoms with Crippen molar-refractivity contribution >= 4 is 23.2 Å². The van der Waals surface area contributed by atoms with E-state index in [9.17, 15) is 8.78 Å². The first-order chi connectivity index (χ1) is 9.60. The first-order valence-electron chi connectivity index (χ1n) is 6.33. The fraction of sp³-hybridized carbons (Fsp3) is 0.250. The Labute approximate surface area is 127 Å². The maximum absolute atomic E-state index is 13.6. The molecule has 20 heavy (non-hydrogen) atoms. The van der Waals surface area contributed by atoms with Gasteiger partial charge in [0.05, 0.1) is 0 Å². The lowest BCUT2D eigenvalue weighted by atomic mass is 9.94. The minimum atomic E-state index is -0.438. The monoisotopic (exact) mass is 314 g/mol. The van der Waals surface area contributed by atoms with Gasteiger partial charge in [0.15, 0.2) is 0 Å². The summed E-state index contributed by atoms with van der Waals surface area (Å²) in [6, 6.07) is 11.0. The molecule has 0 aliphatic heterocycles. The van der Waals surface area contributed by atoms with Crippen LogP contribution in [0.5, 0.6) is 0 Å². The first kappa shape index (κ1) is 15.3. The molecular formula is C16H14Cl2F2. The average Bonchev–Trinajstić information content (AvgIpc) is 2.44. The minimum absolute atomic E-state index is 0.00728. The lowest BCUT2D eigenvalue weighted by Gasteiger charge is -2.15. The summed E-state index contributed by atoms with van der Waals surface area (Å²) in [6.45, 7) is 0. The molecule has 0 spiro atoms. The fourth-order valence-corrected chi connectivity index (χ4v) is 2.60. The number of hydrogen-bond donors (Lipinski definition) is 0. The Bertz CT molecular complexity index is 584. The zero-order chi connectivity index (χ0) is 14.5. The minimum Gasteiger partial charge on any atom is -0.207 e. The van der Waals surface area contributed by atoms with E-state index in [1.807, 2.05) is 24.3 Å². The highest BCUT2D eigenvalue weighted by Crippen LogP contribution is 2.23. The molecule has 2 aromatic carbocycles. The van der Waals surface area contributed by atoms with Gasteiger partial charge in [0.25, 0.3) is 0 Å². The van der Waals surface area contributed by atoms with Crippen molar-refractivity contribution in [3.05, 3.63) is 70.2 Å². The van der Waals surface area contributed by atoms with Crippen LogP contribution < -0.4 is 0 Å². The van der Waals surface area contributed by atoms with E-state index in [4.69, 9.17) is 23.2 Å². The van der Waals surface area contributed by atoms with Crippen LogP contribution in [0.4, 0.5) is 8.78 Å². The molecule has 0 saturated heterocycles. The number of rotatable bonds is 5. The molecule has 0 fully saturated rings. The van der Waals surface area contributed by atoms with Gasteiger partial charge in [-0.15, -0.1) is 11.6 Å². The topological polar surface area (TPSA) is 0 Å². The molecule has 0 radical (unpaired) electrons. The van der Waals surface area contributed by atoms with Crippen LogP contribution in [0.15, 0.2) is 42.5 Å². The lowest BCUT2D eigenvalue weighted by molar-refractivity contribution is 0.536. The second kappa shape index (κ2) is 7.05. The molecule has 106 valence electrons. The molecule has 0 nitrogen and oxygen atoms in total. The number of halogens is 4. The zero-order valence-electron chi connectivity index (χ0n) is 10.8. The summed E-state index contributed by atoms with van der Waals surface area (Å²) in [5.41, 5.74) is 1.32. The van der Waals surface area contributed by atoms with Gasteiger partial charge in [0.1, 0.15) is 11.6 Å². The summed E-state index contributed by atoms with van der Waals surface area (Å²) >= 11 is 12.1. The third-order valence-corrected chi connectivity index (χ3v) is 4.01. The molecule has 4 heteroatoms. The number of benzene rings is 2. The third kappa shape index (κ3) is 3.94. The molecule has 0 aliphatic carbocycles. The van der Waals surface area contributed by atoms with Gasteiger partial charge in [-0.3, -0.25) is 0 Å².